The number of likely N-dealkylation sites (N-methyl/N-ethyl adjacent to an activating group) is 1. The highest BCUT2D eigenvalue weighted by Gasteiger charge is 2.36. The van der Waals surface area contributed by atoms with Crippen molar-refractivity contribution in [3.05, 3.63) is 59.9 Å². The van der Waals surface area contributed by atoms with E-state index in [0.29, 0.717) is 58.8 Å². The molecule has 1 aliphatic carbocycles. The number of aliphatic hydroxyl groups is 1. The van der Waals surface area contributed by atoms with Gasteiger partial charge < -0.3 is 10.4 Å². The minimum atomic E-state index is -3.48. The summed E-state index contributed by atoms with van der Waals surface area (Å²) < 4.78 is 44.5. The van der Waals surface area contributed by atoms with Crippen LogP contribution in [0.15, 0.2) is 42.9 Å². The van der Waals surface area contributed by atoms with E-state index in [-0.39, 0.29) is 5.25 Å². The molecule has 10 nitrogen and oxygen atoms in total. The zero-order chi connectivity index (χ0) is 26.6. The van der Waals surface area contributed by atoms with Gasteiger partial charge in [0, 0.05) is 53.6 Å². The van der Waals surface area contributed by atoms with Gasteiger partial charge >= 0.3 is 0 Å². The Labute approximate surface area is 219 Å². The van der Waals surface area contributed by atoms with E-state index in [1.54, 1.807) is 30.1 Å². The summed E-state index contributed by atoms with van der Waals surface area (Å²) >= 11 is 0. The van der Waals surface area contributed by atoms with Crippen molar-refractivity contribution in [3.63, 3.8) is 0 Å². The van der Waals surface area contributed by atoms with E-state index in [1.165, 1.54) is 12.3 Å². The number of halogens is 1. The number of hydrogen-bond acceptors (Lipinski definition) is 8. The molecule has 12 heteroatoms. The summed E-state index contributed by atoms with van der Waals surface area (Å²) in [7, 11) is -1.59. The fourth-order valence-electron chi connectivity index (χ4n) is 4.70. The largest absolute Gasteiger partial charge is 0.376 e. The van der Waals surface area contributed by atoms with Gasteiger partial charge in [0.15, 0.2) is 5.82 Å². The van der Waals surface area contributed by atoms with Crippen LogP contribution in [0.25, 0.3) is 21.9 Å². The fourth-order valence-corrected chi connectivity index (χ4v) is 6.13. The van der Waals surface area contributed by atoms with Gasteiger partial charge in [0.1, 0.15) is 17.9 Å². The number of benzene rings is 1. The van der Waals surface area contributed by atoms with E-state index in [0.717, 1.165) is 24.0 Å². The monoisotopic (exact) mass is 537 g/mol. The highest BCUT2D eigenvalue weighted by molar-refractivity contribution is 7.93. The summed E-state index contributed by atoms with van der Waals surface area (Å²) in [4.78, 5) is 10.5. The third-order valence-electron chi connectivity index (χ3n) is 7.21. The SMILES string of the molecule is Cc1c(NS(=O)(=O)C2CC2)cncc1-c1cc2cc(Nc3cc4n(n3)CC(O)N(C)CC4)ncc2cc1F. The molecule has 3 N–H and O–H groups in total. The van der Waals surface area contributed by atoms with Gasteiger partial charge in [-0.25, -0.2) is 17.8 Å². The van der Waals surface area contributed by atoms with E-state index in [1.807, 2.05) is 24.1 Å². The number of fused-ring (bicyclic) bond motifs is 2. The van der Waals surface area contributed by atoms with Crippen LogP contribution in [-0.4, -0.2) is 63.2 Å². The van der Waals surface area contributed by atoms with Gasteiger partial charge in [-0.15, -0.1) is 0 Å². The Morgan fingerprint density at radius 2 is 1.87 bits per heavy atom. The number of rotatable bonds is 6. The summed E-state index contributed by atoms with van der Waals surface area (Å²) in [5, 5.41) is 19.0. The normalized spacial score (nSPS) is 18.3. The van der Waals surface area contributed by atoms with E-state index in [4.69, 9.17) is 0 Å². The maximum Gasteiger partial charge on any atom is 0.235 e. The first kappa shape index (κ1) is 24.7. The third-order valence-corrected chi connectivity index (χ3v) is 9.07. The van der Waals surface area contributed by atoms with Gasteiger partial charge in [-0.2, -0.15) is 5.10 Å². The highest BCUT2D eigenvalue weighted by atomic mass is 32.2. The summed E-state index contributed by atoms with van der Waals surface area (Å²) in [6, 6.07) is 6.89. The Morgan fingerprint density at radius 3 is 2.66 bits per heavy atom. The minimum absolute atomic E-state index is 0.318. The molecule has 1 atom stereocenters. The Hall–Kier alpha value is -3.61. The first-order valence-corrected chi connectivity index (χ1v) is 14.0. The predicted molar refractivity (Wildman–Crippen MR) is 143 cm³/mol. The van der Waals surface area contributed by atoms with Gasteiger partial charge in [-0.3, -0.25) is 19.3 Å². The maximum absolute atomic E-state index is 15.2. The predicted octanol–water partition coefficient (Wildman–Crippen LogP) is 3.39. The molecule has 6 rings (SSSR count). The second kappa shape index (κ2) is 9.29. The molecule has 0 radical (unpaired) electrons. The van der Waals surface area contributed by atoms with Crippen LogP contribution >= 0.6 is 0 Å². The molecule has 4 aromatic rings. The Balaban J connectivity index is 1.30. The van der Waals surface area contributed by atoms with E-state index in [2.05, 4.69) is 25.1 Å². The van der Waals surface area contributed by atoms with Gasteiger partial charge in [-0.1, -0.05) is 0 Å². The van der Waals surface area contributed by atoms with Crippen LogP contribution in [0.4, 0.5) is 21.7 Å². The lowest BCUT2D eigenvalue weighted by Crippen LogP contribution is -2.34. The molecule has 1 aliphatic heterocycles. The molecular weight excluding hydrogens is 509 g/mol. The van der Waals surface area contributed by atoms with Crippen LogP contribution in [0, 0.1) is 12.7 Å². The van der Waals surface area contributed by atoms with Crippen molar-refractivity contribution < 1.29 is 17.9 Å². The molecule has 1 unspecified atom stereocenters. The van der Waals surface area contributed by atoms with Crippen LogP contribution in [0.2, 0.25) is 0 Å². The highest BCUT2D eigenvalue weighted by Crippen LogP contribution is 2.35. The number of aliphatic hydroxyl groups excluding tert-OH is 1. The Kier molecular flexibility index (Phi) is 6.04. The standard InChI is InChI=1S/C26H28FN7O3S/c1-15-21(12-28-13-23(15)32-38(36,37)19-3-4-19)20-7-16-9-24(29-11-17(16)8-22(20)27)30-25-10-18-5-6-33(2)26(35)14-34(18)31-25/h7-13,19,26,32,35H,3-6,14H2,1-2H3,(H,29,30,31). The fraction of sp³-hybridized carbons (Fsp3) is 0.346. The molecule has 0 spiro atoms. The van der Waals surface area contributed by atoms with Gasteiger partial charge in [0.25, 0.3) is 0 Å². The molecule has 1 fully saturated rings. The molecule has 1 aromatic carbocycles. The van der Waals surface area contributed by atoms with Crippen LogP contribution in [0.1, 0.15) is 24.1 Å². The molecule has 0 bridgehead atoms. The number of anilines is 3. The molecule has 198 valence electrons. The molecule has 0 amide bonds. The molecule has 4 heterocycles. The summed E-state index contributed by atoms with van der Waals surface area (Å²) in [6.45, 7) is 2.86. The minimum Gasteiger partial charge on any atom is -0.376 e. The molecule has 1 saturated carbocycles. The van der Waals surface area contributed by atoms with Gasteiger partial charge in [0.2, 0.25) is 10.0 Å². The zero-order valence-electron chi connectivity index (χ0n) is 21.0. The smallest absolute Gasteiger partial charge is 0.235 e. The molecule has 2 aliphatic rings. The van der Waals surface area contributed by atoms with Crippen molar-refractivity contribution in [1.82, 2.24) is 24.6 Å². The second-order valence-corrected chi connectivity index (χ2v) is 12.0. The topological polar surface area (TPSA) is 125 Å². The molecular formula is C26H28FN7O3S. The van der Waals surface area contributed by atoms with Crippen molar-refractivity contribution in [2.45, 2.75) is 44.2 Å². The van der Waals surface area contributed by atoms with Crippen molar-refractivity contribution in [2.75, 3.05) is 23.6 Å². The van der Waals surface area contributed by atoms with Crippen molar-refractivity contribution in [1.29, 1.82) is 0 Å². The first-order chi connectivity index (χ1) is 18.2. The van der Waals surface area contributed by atoms with Crippen LogP contribution in [-0.2, 0) is 23.0 Å². The lowest BCUT2D eigenvalue weighted by molar-refractivity contribution is 0.0137. The van der Waals surface area contributed by atoms with E-state index < -0.39 is 22.1 Å². The maximum atomic E-state index is 15.2. The lowest BCUT2D eigenvalue weighted by atomic mass is 9.98. The molecule has 3 aromatic heterocycles. The summed E-state index contributed by atoms with van der Waals surface area (Å²) in [5.41, 5.74) is 2.79. The number of nitrogens with one attached hydrogen (secondary N) is 2. The quantitative estimate of drug-likeness (QED) is 0.342. The summed E-state index contributed by atoms with van der Waals surface area (Å²) in [5.74, 6) is 0.705. The van der Waals surface area contributed by atoms with E-state index in [9.17, 15) is 13.5 Å². The second-order valence-electron chi connectivity index (χ2n) is 9.99. The summed E-state index contributed by atoms with van der Waals surface area (Å²) in [6.07, 6.45) is 6.04. The molecule has 38 heavy (non-hydrogen) atoms. The number of sulfonamides is 1. The van der Waals surface area contributed by atoms with Crippen LogP contribution in [0.3, 0.4) is 0 Å². The number of aromatic nitrogens is 4. The van der Waals surface area contributed by atoms with Crippen LogP contribution < -0.4 is 10.0 Å². The van der Waals surface area contributed by atoms with Crippen molar-refractivity contribution in [3.8, 4) is 11.1 Å². The Bertz CT molecular complexity index is 1650. The van der Waals surface area contributed by atoms with E-state index >= 15 is 4.39 Å². The van der Waals surface area contributed by atoms with Crippen LogP contribution in [0.5, 0.6) is 0 Å². The molecule has 0 saturated heterocycles. The van der Waals surface area contributed by atoms with Crippen molar-refractivity contribution in [2.24, 2.45) is 0 Å². The number of hydrogen-bond donors (Lipinski definition) is 3. The van der Waals surface area contributed by atoms with Crippen molar-refractivity contribution >= 4 is 38.1 Å². The first-order valence-electron chi connectivity index (χ1n) is 12.5. The number of pyridine rings is 2. The average molecular weight is 538 g/mol. The van der Waals surface area contributed by atoms with Gasteiger partial charge in [0.05, 0.1) is 23.7 Å². The average Bonchev–Trinajstić information content (AvgIpc) is 3.69. The van der Waals surface area contributed by atoms with Gasteiger partial charge in [-0.05, 0) is 56.0 Å². The number of nitrogens with zero attached hydrogens (tertiary/aromatic N) is 5. The zero-order valence-corrected chi connectivity index (χ0v) is 21.8. The third kappa shape index (κ3) is 4.70. The lowest BCUT2D eigenvalue weighted by Gasteiger charge is -2.19. The Morgan fingerprint density at radius 1 is 1.05 bits per heavy atom.